The minimum Gasteiger partial charge on any atom is -0.370 e. The summed E-state index contributed by atoms with van der Waals surface area (Å²) in [6.45, 7) is 2.00. The lowest BCUT2D eigenvalue weighted by atomic mass is 9.98. The van der Waals surface area contributed by atoms with Gasteiger partial charge in [0.1, 0.15) is 0 Å². The van der Waals surface area contributed by atoms with Gasteiger partial charge in [-0.1, -0.05) is 12.8 Å². The molecule has 1 heterocycles. The highest BCUT2D eigenvalue weighted by atomic mass is 16.5. The van der Waals surface area contributed by atoms with Gasteiger partial charge in [0, 0.05) is 25.6 Å². The molecule has 2 aliphatic carbocycles. The maximum atomic E-state index is 8.74. The second-order valence-corrected chi connectivity index (χ2v) is 6.30. The van der Waals surface area contributed by atoms with E-state index in [1.807, 2.05) is 0 Å². The minimum atomic E-state index is 0.259. The van der Waals surface area contributed by atoms with E-state index in [2.05, 4.69) is 11.0 Å². The Morgan fingerprint density at radius 2 is 1.94 bits per heavy atom. The van der Waals surface area contributed by atoms with Crippen LogP contribution in [-0.2, 0) is 4.74 Å². The van der Waals surface area contributed by atoms with Crippen LogP contribution >= 0.6 is 0 Å². The van der Waals surface area contributed by atoms with E-state index in [1.54, 1.807) is 0 Å². The number of nitriles is 1. The van der Waals surface area contributed by atoms with E-state index in [-0.39, 0.29) is 5.60 Å². The van der Waals surface area contributed by atoms with Gasteiger partial charge in [0.15, 0.2) is 0 Å². The van der Waals surface area contributed by atoms with Crippen LogP contribution in [0.15, 0.2) is 0 Å². The third kappa shape index (κ3) is 2.70. The van der Waals surface area contributed by atoms with Crippen LogP contribution in [0.4, 0.5) is 0 Å². The molecule has 0 aromatic rings. The first-order valence-corrected chi connectivity index (χ1v) is 7.60. The van der Waals surface area contributed by atoms with Crippen molar-refractivity contribution in [3.8, 4) is 6.07 Å². The van der Waals surface area contributed by atoms with E-state index in [4.69, 9.17) is 10.00 Å². The van der Waals surface area contributed by atoms with Crippen molar-refractivity contribution in [1.29, 1.82) is 5.26 Å². The Labute approximate surface area is 110 Å². The van der Waals surface area contributed by atoms with Gasteiger partial charge >= 0.3 is 0 Å². The number of ether oxygens (including phenoxy) is 1. The third-order valence-electron chi connectivity index (χ3n) is 4.87. The monoisotopic (exact) mass is 248 g/mol. The molecule has 3 aliphatic rings. The molecule has 0 aromatic carbocycles. The molecule has 3 heteroatoms. The van der Waals surface area contributed by atoms with Crippen molar-refractivity contribution in [3.63, 3.8) is 0 Å². The normalized spacial score (nSPS) is 30.1. The molecule has 1 spiro atoms. The zero-order valence-electron chi connectivity index (χ0n) is 11.2. The zero-order chi connectivity index (χ0) is 12.4. The molecule has 0 N–H and O–H groups in total. The lowest BCUT2D eigenvalue weighted by Crippen LogP contribution is -2.36. The van der Waals surface area contributed by atoms with Crippen LogP contribution in [0.25, 0.3) is 0 Å². The second-order valence-electron chi connectivity index (χ2n) is 6.30. The maximum Gasteiger partial charge on any atom is 0.0710 e. The number of nitrogens with zero attached hydrogens (tertiary/aromatic N) is 2. The predicted octanol–water partition coefficient (Wildman–Crippen LogP) is 2.86. The minimum absolute atomic E-state index is 0.259. The molecular weight excluding hydrogens is 224 g/mol. The van der Waals surface area contributed by atoms with Crippen LogP contribution in [0, 0.1) is 11.3 Å². The molecule has 0 radical (unpaired) electrons. The Morgan fingerprint density at radius 1 is 1.17 bits per heavy atom. The molecule has 100 valence electrons. The molecule has 2 saturated carbocycles. The van der Waals surface area contributed by atoms with E-state index in [9.17, 15) is 0 Å². The van der Waals surface area contributed by atoms with Crippen molar-refractivity contribution >= 4 is 0 Å². The lowest BCUT2D eigenvalue weighted by Gasteiger charge is -2.27. The van der Waals surface area contributed by atoms with Crippen molar-refractivity contribution in [2.75, 3.05) is 13.1 Å². The fraction of sp³-hybridized carbons (Fsp3) is 0.933. The largest absolute Gasteiger partial charge is 0.370 e. The van der Waals surface area contributed by atoms with Crippen molar-refractivity contribution < 1.29 is 4.74 Å². The first kappa shape index (κ1) is 12.4. The summed E-state index contributed by atoms with van der Waals surface area (Å²) in [5.41, 5.74) is 0.259. The molecule has 3 nitrogen and oxygen atoms in total. The third-order valence-corrected chi connectivity index (χ3v) is 4.87. The highest BCUT2D eigenvalue weighted by molar-refractivity contribution is 4.95. The van der Waals surface area contributed by atoms with Gasteiger partial charge in [-0.25, -0.2) is 0 Å². The fourth-order valence-corrected chi connectivity index (χ4v) is 3.73. The van der Waals surface area contributed by atoms with Gasteiger partial charge < -0.3 is 4.74 Å². The average molecular weight is 248 g/mol. The van der Waals surface area contributed by atoms with Crippen molar-refractivity contribution in [3.05, 3.63) is 0 Å². The Kier molecular flexibility index (Phi) is 3.59. The van der Waals surface area contributed by atoms with Crippen LogP contribution in [-0.4, -0.2) is 35.7 Å². The highest BCUT2D eigenvalue weighted by Crippen LogP contribution is 2.43. The molecule has 0 bridgehead atoms. The van der Waals surface area contributed by atoms with Crippen molar-refractivity contribution in [1.82, 2.24) is 4.90 Å². The smallest absolute Gasteiger partial charge is 0.0710 e. The molecule has 1 saturated heterocycles. The van der Waals surface area contributed by atoms with E-state index >= 15 is 0 Å². The highest BCUT2D eigenvalue weighted by Gasteiger charge is 2.43. The summed E-state index contributed by atoms with van der Waals surface area (Å²) in [6.07, 6.45) is 11.5. The van der Waals surface area contributed by atoms with Crippen molar-refractivity contribution in [2.24, 2.45) is 0 Å². The Bertz CT molecular complexity index is 326. The summed E-state index contributed by atoms with van der Waals surface area (Å²) in [5, 5.41) is 8.74. The summed E-state index contributed by atoms with van der Waals surface area (Å²) in [6, 6.07) is 3.02. The first-order chi connectivity index (χ1) is 8.81. The van der Waals surface area contributed by atoms with Crippen LogP contribution < -0.4 is 0 Å². The lowest BCUT2D eigenvalue weighted by molar-refractivity contribution is -0.0479. The zero-order valence-corrected chi connectivity index (χ0v) is 11.2. The number of hydrogen-bond acceptors (Lipinski definition) is 3. The quantitative estimate of drug-likeness (QED) is 0.750. The molecule has 1 unspecified atom stereocenters. The molecule has 3 fully saturated rings. The van der Waals surface area contributed by atoms with Crippen molar-refractivity contribution in [2.45, 2.75) is 75.5 Å². The summed E-state index contributed by atoms with van der Waals surface area (Å²) >= 11 is 0. The van der Waals surface area contributed by atoms with Crippen LogP contribution in [0.5, 0.6) is 0 Å². The molecule has 0 aromatic heterocycles. The standard InChI is InChI=1S/C15H24N2O/c16-10-3-11-17(13-4-5-13)12-14-6-9-15(18-14)7-1-2-8-15/h13-14H,1-9,11-12H2. The number of rotatable bonds is 5. The summed E-state index contributed by atoms with van der Waals surface area (Å²) in [4.78, 5) is 2.50. The SMILES string of the molecule is N#CCCN(CC1CCC2(CCCC2)O1)C1CC1. The average Bonchev–Trinajstić information content (AvgIpc) is 3.01. The molecule has 0 amide bonds. The number of hydrogen-bond donors (Lipinski definition) is 0. The predicted molar refractivity (Wildman–Crippen MR) is 70.1 cm³/mol. The van der Waals surface area contributed by atoms with Crippen LogP contribution in [0.3, 0.4) is 0 Å². The molecule has 1 atom stereocenters. The van der Waals surface area contributed by atoms with Gasteiger partial charge in [0.05, 0.1) is 17.8 Å². The molecule has 18 heavy (non-hydrogen) atoms. The van der Waals surface area contributed by atoms with Gasteiger partial charge in [0.25, 0.3) is 0 Å². The Hall–Kier alpha value is -0.590. The molecular formula is C15H24N2O. The first-order valence-electron chi connectivity index (χ1n) is 7.60. The topological polar surface area (TPSA) is 36.3 Å². The Morgan fingerprint density at radius 3 is 2.61 bits per heavy atom. The molecule has 3 rings (SSSR count). The van der Waals surface area contributed by atoms with Crippen LogP contribution in [0.1, 0.15) is 57.8 Å². The van der Waals surface area contributed by atoms with Crippen LogP contribution in [0.2, 0.25) is 0 Å². The Balaban J connectivity index is 1.51. The van der Waals surface area contributed by atoms with E-state index in [1.165, 1.54) is 51.4 Å². The summed E-state index contributed by atoms with van der Waals surface area (Å²) < 4.78 is 6.37. The van der Waals surface area contributed by atoms with E-state index in [0.29, 0.717) is 12.5 Å². The summed E-state index contributed by atoms with van der Waals surface area (Å²) in [5.74, 6) is 0. The van der Waals surface area contributed by atoms with E-state index in [0.717, 1.165) is 19.1 Å². The van der Waals surface area contributed by atoms with Gasteiger partial charge in [0.2, 0.25) is 0 Å². The maximum absolute atomic E-state index is 8.74. The van der Waals surface area contributed by atoms with Gasteiger partial charge in [-0.05, 0) is 38.5 Å². The van der Waals surface area contributed by atoms with Gasteiger partial charge in [-0.15, -0.1) is 0 Å². The second kappa shape index (κ2) is 5.19. The molecule has 1 aliphatic heterocycles. The van der Waals surface area contributed by atoms with Gasteiger partial charge in [-0.3, -0.25) is 4.90 Å². The summed E-state index contributed by atoms with van der Waals surface area (Å²) in [7, 11) is 0. The van der Waals surface area contributed by atoms with E-state index < -0.39 is 0 Å². The fourth-order valence-electron chi connectivity index (χ4n) is 3.73. The van der Waals surface area contributed by atoms with Gasteiger partial charge in [-0.2, -0.15) is 5.26 Å².